The van der Waals surface area contributed by atoms with Crippen LogP contribution in [0.4, 0.5) is 0 Å². The van der Waals surface area contributed by atoms with Crippen LogP contribution in [0.3, 0.4) is 0 Å². The Morgan fingerprint density at radius 3 is 2.69 bits per heavy atom. The van der Waals surface area contributed by atoms with Crippen LogP contribution >= 0.6 is 0 Å². The molecule has 0 heterocycles. The molecule has 2 fully saturated rings. The molecule has 0 aromatic rings. The highest BCUT2D eigenvalue weighted by molar-refractivity contribution is 5.70. The molecule has 0 aliphatic heterocycles. The minimum absolute atomic E-state index is 0.0382. The van der Waals surface area contributed by atoms with Crippen molar-refractivity contribution in [3.8, 4) is 0 Å². The Bertz CT molecular complexity index is 261. The first-order valence-electron chi connectivity index (χ1n) is 6.92. The summed E-state index contributed by atoms with van der Waals surface area (Å²) < 4.78 is 5.85. The van der Waals surface area contributed by atoms with Crippen LogP contribution in [0.5, 0.6) is 0 Å². The molecule has 0 spiro atoms. The molecule has 2 heteroatoms. The Morgan fingerprint density at radius 1 is 1.38 bits per heavy atom. The van der Waals surface area contributed by atoms with Gasteiger partial charge in [0.05, 0.1) is 0 Å². The maximum absolute atomic E-state index is 11.8. The Labute approximate surface area is 98.7 Å². The van der Waals surface area contributed by atoms with Gasteiger partial charge in [-0.05, 0) is 50.4 Å². The molecule has 2 aliphatic rings. The van der Waals surface area contributed by atoms with Crippen molar-refractivity contribution in [2.24, 2.45) is 11.8 Å². The summed E-state index contributed by atoms with van der Waals surface area (Å²) in [6, 6.07) is 0. The molecule has 2 nitrogen and oxygen atoms in total. The quantitative estimate of drug-likeness (QED) is 0.666. The topological polar surface area (TPSA) is 26.3 Å². The summed E-state index contributed by atoms with van der Waals surface area (Å²) >= 11 is 0. The van der Waals surface area contributed by atoms with Gasteiger partial charge in [-0.15, -0.1) is 0 Å². The summed E-state index contributed by atoms with van der Waals surface area (Å²) in [6.07, 6.45) is 8.72. The molecule has 0 radical (unpaired) electrons. The van der Waals surface area contributed by atoms with Gasteiger partial charge >= 0.3 is 5.97 Å². The van der Waals surface area contributed by atoms with Gasteiger partial charge in [0.2, 0.25) is 0 Å². The highest BCUT2D eigenvalue weighted by atomic mass is 16.6. The van der Waals surface area contributed by atoms with Gasteiger partial charge in [0.1, 0.15) is 5.60 Å². The zero-order valence-electron chi connectivity index (χ0n) is 10.6. The average Bonchev–Trinajstić information content (AvgIpc) is 2.86. The molecular formula is C14H24O2. The third kappa shape index (κ3) is 2.11. The van der Waals surface area contributed by atoms with Gasteiger partial charge in [0.25, 0.3) is 0 Å². The number of esters is 1. The molecule has 2 saturated carbocycles. The van der Waals surface area contributed by atoms with E-state index in [4.69, 9.17) is 4.74 Å². The van der Waals surface area contributed by atoms with Gasteiger partial charge in [-0.3, -0.25) is 4.79 Å². The summed E-state index contributed by atoms with van der Waals surface area (Å²) in [7, 11) is 0. The third-order valence-electron chi connectivity index (χ3n) is 4.57. The zero-order valence-corrected chi connectivity index (χ0v) is 10.6. The molecule has 92 valence electrons. The zero-order chi connectivity index (χ0) is 11.6. The fourth-order valence-electron chi connectivity index (χ4n) is 3.62. The van der Waals surface area contributed by atoms with E-state index >= 15 is 0 Å². The van der Waals surface area contributed by atoms with Crippen molar-refractivity contribution in [3.63, 3.8) is 0 Å². The lowest BCUT2D eigenvalue weighted by molar-refractivity contribution is -0.166. The van der Waals surface area contributed by atoms with E-state index in [-0.39, 0.29) is 11.6 Å². The molecule has 0 unspecified atom stereocenters. The molecule has 2 aliphatic carbocycles. The van der Waals surface area contributed by atoms with Gasteiger partial charge in [-0.1, -0.05) is 20.3 Å². The lowest BCUT2D eigenvalue weighted by Crippen LogP contribution is -2.39. The Kier molecular flexibility index (Phi) is 3.56. The van der Waals surface area contributed by atoms with Crippen molar-refractivity contribution >= 4 is 5.97 Å². The fourth-order valence-corrected chi connectivity index (χ4v) is 3.62. The van der Waals surface area contributed by atoms with Crippen LogP contribution in [0.1, 0.15) is 65.2 Å². The van der Waals surface area contributed by atoms with Crippen molar-refractivity contribution < 1.29 is 9.53 Å². The number of ether oxygens (including phenoxy) is 1. The second-order valence-electron chi connectivity index (χ2n) is 5.58. The number of hydrogen-bond donors (Lipinski definition) is 0. The monoisotopic (exact) mass is 224 g/mol. The largest absolute Gasteiger partial charge is 0.459 e. The van der Waals surface area contributed by atoms with Crippen molar-refractivity contribution in [2.45, 2.75) is 70.8 Å². The first-order chi connectivity index (χ1) is 7.70. The van der Waals surface area contributed by atoms with Crippen LogP contribution in [-0.2, 0) is 9.53 Å². The molecule has 3 atom stereocenters. The summed E-state index contributed by atoms with van der Waals surface area (Å²) in [5, 5.41) is 0. The molecular weight excluding hydrogens is 200 g/mol. The van der Waals surface area contributed by atoms with Crippen LogP contribution in [-0.4, -0.2) is 11.6 Å². The van der Waals surface area contributed by atoms with Crippen molar-refractivity contribution in [1.29, 1.82) is 0 Å². The van der Waals surface area contributed by atoms with Gasteiger partial charge < -0.3 is 4.74 Å². The molecule has 2 rings (SSSR count). The molecule has 2 bridgehead atoms. The van der Waals surface area contributed by atoms with Crippen LogP contribution in [0.15, 0.2) is 0 Å². The number of carbonyl (C=O) groups is 1. The van der Waals surface area contributed by atoms with Gasteiger partial charge in [-0.25, -0.2) is 0 Å². The number of unbranched alkanes of at least 4 members (excludes halogenated alkanes) is 1. The van der Waals surface area contributed by atoms with Gasteiger partial charge in [-0.2, -0.15) is 0 Å². The smallest absolute Gasteiger partial charge is 0.306 e. The van der Waals surface area contributed by atoms with E-state index in [9.17, 15) is 4.79 Å². The van der Waals surface area contributed by atoms with Crippen LogP contribution < -0.4 is 0 Å². The molecule has 0 aromatic heterocycles. The molecule has 0 amide bonds. The van der Waals surface area contributed by atoms with E-state index in [1.54, 1.807) is 0 Å². The Hall–Kier alpha value is -0.530. The SMILES string of the molecule is CCCCC(=O)O[C@]1(CC)C[C@H]2CC[C@@H]1C2. The molecule has 0 aromatic carbocycles. The van der Waals surface area contributed by atoms with E-state index in [1.165, 1.54) is 19.3 Å². The number of fused-ring (bicyclic) bond motifs is 2. The minimum atomic E-state index is -0.0757. The first kappa shape index (κ1) is 11.9. The second-order valence-corrected chi connectivity index (χ2v) is 5.58. The maximum Gasteiger partial charge on any atom is 0.306 e. The third-order valence-corrected chi connectivity index (χ3v) is 4.57. The van der Waals surface area contributed by atoms with Gasteiger partial charge in [0, 0.05) is 6.42 Å². The first-order valence-corrected chi connectivity index (χ1v) is 6.92. The predicted octanol–water partition coefficient (Wildman–Crippen LogP) is 3.69. The van der Waals surface area contributed by atoms with Crippen LogP contribution in [0.2, 0.25) is 0 Å². The van der Waals surface area contributed by atoms with Crippen molar-refractivity contribution in [2.75, 3.05) is 0 Å². The highest BCUT2D eigenvalue weighted by Crippen LogP contribution is 2.54. The van der Waals surface area contributed by atoms with Crippen molar-refractivity contribution in [1.82, 2.24) is 0 Å². The van der Waals surface area contributed by atoms with E-state index in [1.807, 2.05) is 0 Å². The van der Waals surface area contributed by atoms with Crippen molar-refractivity contribution in [3.05, 3.63) is 0 Å². The van der Waals surface area contributed by atoms with E-state index in [2.05, 4.69) is 13.8 Å². The van der Waals surface area contributed by atoms with Gasteiger partial charge in [0.15, 0.2) is 0 Å². The number of hydrogen-bond acceptors (Lipinski definition) is 2. The Balaban J connectivity index is 1.93. The Morgan fingerprint density at radius 2 is 2.19 bits per heavy atom. The summed E-state index contributed by atoms with van der Waals surface area (Å²) in [6.45, 7) is 4.29. The minimum Gasteiger partial charge on any atom is -0.459 e. The summed E-state index contributed by atoms with van der Waals surface area (Å²) in [4.78, 5) is 11.8. The lowest BCUT2D eigenvalue weighted by Gasteiger charge is -2.36. The number of rotatable bonds is 5. The van der Waals surface area contributed by atoms with E-state index in [0.717, 1.165) is 31.6 Å². The fraction of sp³-hybridized carbons (Fsp3) is 0.929. The standard InChI is InChI=1S/C14H24O2/c1-3-5-6-13(15)16-14(4-2)10-11-7-8-12(14)9-11/h11-12H,3-10H2,1-2H3/t11-,12+,14+/m0/s1. The lowest BCUT2D eigenvalue weighted by atomic mass is 9.82. The summed E-state index contributed by atoms with van der Waals surface area (Å²) in [5.41, 5.74) is -0.0757. The van der Waals surface area contributed by atoms with Crippen LogP contribution in [0, 0.1) is 11.8 Å². The van der Waals surface area contributed by atoms with E-state index in [0.29, 0.717) is 12.3 Å². The molecule has 0 N–H and O–H groups in total. The molecule has 0 saturated heterocycles. The number of carbonyl (C=O) groups excluding carboxylic acids is 1. The van der Waals surface area contributed by atoms with E-state index < -0.39 is 0 Å². The second kappa shape index (κ2) is 4.77. The highest BCUT2D eigenvalue weighted by Gasteiger charge is 2.52. The maximum atomic E-state index is 11.8. The molecule has 16 heavy (non-hydrogen) atoms. The average molecular weight is 224 g/mol. The van der Waals surface area contributed by atoms with Crippen LogP contribution in [0.25, 0.3) is 0 Å². The normalized spacial score (nSPS) is 36.6. The summed E-state index contributed by atoms with van der Waals surface area (Å²) in [5.74, 6) is 1.54. The predicted molar refractivity (Wildman–Crippen MR) is 64.1 cm³/mol.